The van der Waals surface area contributed by atoms with Gasteiger partial charge in [-0.25, -0.2) is 8.42 Å². The predicted octanol–water partition coefficient (Wildman–Crippen LogP) is -0.0393. The Labute approximate surface area is 85.2 Å². The largest absolute Gasteiger partial charge is 0.376 e. The molecule has 0 radical (unpaired) electrons. The lowest BCUT2D eigenvalue weighted by atomic mass is 10.0. The van der Waals surface area contributed by atoms with Crippen molar-refractivity contribution in [2.24, 2.45) is 5.73 Å². The maximum absolute atomic E-state index is 11.2. The zero-order chi connectivity index (χ0) is 9.24. The van der Waals surface area contributed by atoms with Crippen molar-refractivity contribution in [3.05, 3.63) is 0 Å². The summed E-state index contributed by atoms with van der Waals surface area (Å²) in [6.45, 7) is 0.280. The van der Waals surface area contributed by atoms with Crippen LogP contribution in [0.3, 0.4) is 0 Å². The fourth-order valence-corrected chi connectivity index (χ4v) is 3.47. The van der Waals surface area contributed by atoms with Crippen LogP contribution in [0.25, 0.3) is 0 Å². The van der Waals surface area contributed by atoms with Crippen molar-refractivity contribution < 1.29 is 13.2 Å². The molecule has 1 aliphatic heterocycles. The third-order valence-corrected chi connectivity index (χ3v) is 4.25. The van der Waals surface area contributed by atoms with Gasteiger partial charge >= 0.3 is 0 Å². The van der Waals surface area contributed by atoms with Gasteiger partial charge in [0.15, 0.2) is 9.84 Å². The third-order valence-electron chi connectivity index (χ3n) is 2.38. The van der Waals surface area contributed by atoms with E-state index in [4.69, 9.17) is 10.5 Å². The minimum absolute atomic E-state index is 0. The molecule has 0 aromatic carbocycles. The SMILES string of the molecule is COC1(CN)CCCS(=O)(=O)C1.Cl. The number of ether oxygens (including phenoxy) is 1. The molecule has 0 aromatic rings. The van der Waals surface area contributed by atoms with Gasteiger partial charge in [-0.15, -0.1) is 12.4 Å². The highest BCUT2D eigenvalue weighted by atomic mass is 35.5. The summed E-state index contributed by atoms with van der Waals surface area (Å²) >= 11 is 0. The summed E-state index contributed by atoms with van der Waals surface area (Å²) in [4.78, 5) is 0. The standard InChI is InChI=1S/C7H15NO3S.ClH/c1-11-7(5-8)3-2-4-12(9,10)6-7;/h2-6,8H2,1H3;1H. The summed E-state index contributed by atoms with van der Waals surface area (Å²) in [5, 5.41) is 0. The van der Waals surface area contributed by atoms with Crippen molar-refractivity contribution in [1.82, 2.24) is 0 Å². The molecule has 2 N–H and O–H groups in total. The summed E-state index contributed by atoms with van der Waals surface area (Å²) < 4.78 is 27.7. The molecule has 1 unspecified atom stereocenters. The van der Waals surface area contributed by atoms with E-state index in [0.717, 1.165) is 6.42 Å². The van der Waals surface area contributed by atoms with Crippen LogP contribution in [0.1, 0.15) is 12.8 Å². The third kappa shape index (κ3) is 3.09. The fourth-order valence-electron chi connectivity index (χ4n) is 1.56. The Morgan fingerprint density at radius 3 is 2.46 bits per heavy atom. The maximum Gasteiger partial charge on any atom is 0.153 e. The molecule has 13 heavy (non-hydrogen) atoms. The molecule has 4 nitrogen and oxygen atoms in total. The topological polar surface area (TPSA) is 69.4 Å². The van der Waals surface area contributed by atoms with Crippen LogP contribution < -0.4 is 5.73 Å². The van der Waals surface area contributed by atoms with Gasteiger partial charge in [-0.2, -0.15) is 0 Å². The average Bonchev–Trinajstić information content (AvgIpc) is 2.02. The van der Waals surface area contributed by atoms with Crippen LogP contribution in [-0.4, -0.2) is 39.2 Å². The van der Waals surface area contributed by atoms with Gasteiger partial charge in [0.1, 0.15) is 0 Å². The monoisotopic (exact) mass is 229 g/mol. The van der Waals surface area contributed by atoms with Gasteiger partial charge in [0, 0.05) is 13.7 Å². The Balaban J connectivity index is 0.00000144. The molecule has 0 bridgehead atoms. The van der Waals surface area contributed by atoms with E-state index in [1.807, 2.05) is 0 Å². The van der Waals surface area contributed by atoms with Gasteiger partial charge in [-0.05, 0) is 12.8 Å². The van der Waals surface area contributed by atoms with Crippen molar-refractivity contribution >= 4 is 22.2 Å². The molecular formula is C7H16ClNO3S. The summed E-state index contributed by atoms with van der Waals surface area (Å²) in [6, 6.07) is 0. The summed E-state index contributed by atoms with van der Waals surface area (Å²) in [5.74, 6) is 0.352. The van der Waals surface area contributed by atoms with E-state index >= 15 is 0 Å². The molecule has 1 fully saturated rings. The Kier molecular flexibility index (Phi) is 4.65. The maximum atomic E-state index is 11.2. The number of methoxy groups -OCH3 is 1. The fraction of sp³-hybridized carbons (Fsp3) is 1.00. The van der Waals surface area contributed by atoms with Crippen molar-refractivity contribution in [3.8, 4) is 0 Å². The first kappa shape index (κ1) is 13.2. The van der Waals surface area contributed by atoms with Crippen LogP contribution in [0.2, 0.25) is 0 Å². The van der Waals surface area contributed by atoms with Crippen molar-refractivity contribution in [1.29, 1.82) is 0 Å². The van der Waals surface area contributed by atoms with Gasteiger partial charge in [-0.3, -0.25) is 0 Å². The van der Waals surface area contributed by atoms with Crippen LogP contribution in [0.15, 0.2) is 0 Å². The first-order valence-electron chi connectivity index (χ1n) is 3.99. The summed E-state index contributed by atoms with van der Waals surface area (Å²) in [6.07, 6.45) is 1.41. The average molecular weight is 230 g/mol. The molecule has 0 saturated carbocycles. The molecule has 80 valence electrons. The minimum Gasteiger partial charge on any atom is -0.376 e. The quantitative estimate of drug-likeness (QED) is 0.722. The van der Waals surface area contributed by atoms with Gasteiger partial charge in [0.05, 0.1) is 17.1 Å². The van der Waals surface area contributed by atoms with Crippen LogP contribution in [0.4, 0.5) is 0 Å². The molecule has 0 aromatic heterocycles. The number of hydrogen-bond donors (Lipinski definition) is 1. The van der Waals surface area contributed by atoms with Gasteiger partial charge in [0.2, 0.25) is 0 Å². The van der Waals surface area contributed by atoms with Crippen molar-refractivity contribution in [3.63, 3.8) is 0 Å². The minimum atomic E-state index is -2.92. The summed E-state index contributed by atoms with van der Waals surface area (Å²) in [7, 11) is -1.40. The Hall–Kier alpha value is 0.160. The van der Waals surface area contributed by atoms with E-state index in [1.54, 1.807) is 0 Å². The molecular weight excluding hydrogens is 214 g/mol. The van der Waals surface area contributed by atoms with Crippen molar-refractivity contribution in [2.75, 3.05) is 25.2 Å². The molecule has 0 amide bonds. The van der Waals surface area contributed by atoms with E-state index < -0.39 is 15.4 Å². The van der Waals surface area contributed by atoms with Crippen LogP contribution in [-0.2, 0) is 14.6 Å². The number of sulfone groups is 1. The summed E-state index contributed by atoms with van der Waals surface area (Å²) in [5.41, 5.74) is 4.87. The molecule has 0 aliphatic carbocycles. The molecule has 0 spiro atoms. The van der Waals surface area contributed by atoms with Crippen LogP contribution in [0, 0.1) is 0 Å². The second-order valence-electron chi connectivity index (χ2n) is 3.29. The smallest absolute Gasteiger partial charge is 0.153 e. The molecule has 6 heteroatoms. The van der Waals surface area contributed by atoms with E-state index in [9.17, 15) is 8.42 Å². The number of hydrogen-bond acceptors (Lipinski definition) is 4. The van der Waals surface area contributed by atoms with E-state index in [1.165, 1.54) is 7.11 Å². The van der Waals surface area contributed by atoms with Gasteiger partial charge in [0.25, 0.3) is 0 Å². The zero-order valence-corrected chi connectivity index (χ0v) is 9.29. The highest BCUT2D eigenvalue weighted by Gasteiger charge is 2.37. The zero-order valence-electron chi connectivity index (χ0n) is 7.65. The first-order chi connectivity index (χ1) is 5.54. The van der Waals surface area contributed by atoms with E-state index in [0.29, 0.717) is 6.42 Å². The second-order valence-corrected chi connectivity index (χ2v) is 5.47. The van der Waals surface area contributed by atoms with Gasteiger partial charge in [-0.1, -0.05) is 0 Å². The Morgan fingerprint density at radius 2 is 2.15 bits per heavy atom. The lowest BCUT2D eigenvalue weighted by molar-refractivity contribution is 0.00636. The lowest BCUT2D eigenvalue weighted by Gasteiger charge is -2.34. The molecule has 1 aliphatic rings. The molecule has 1 rings (SSSR count). The second kappa shape index (κ2) is 4.59. The van der Waals surface area contributed by atoms with Crippen LogP contribution in [0.5, 0.6) is 0 Å². The molecule has 1 atom stereocenters. The molecule has 1 heterocycles. The van der Waals surface area contributed by atoms with Gasteiger partial charge < -0.3 is 10.5 Å². The van der Waals surface area contributed by atoms with Crippen LogP contribution >= 0.6 is 12.4 Å². The predicted molar refractivity (Wildman–Crippen MR) is 53.9 cm³/mol. The van der Waals surface area contributed by atoms with E-state index in [2.05, 4.69) is 0 Å². The molecule has 1 saturated heterocycles. The van der Waals surface area contributed by atoms with E-state index in [-0.39, 0.29) is 30.5 Å². The lowest BCUT2D eigenvalue weighted by Crippen LogP contribution is -2.49. The number of nitrogens with two attached hydrogens (primary N) is 1. The number of rotatable bonds is 2. The van der Waals surface area contributed by atoms with Crippen molar-refractivity contribution in [2.45, 2.75) is 18.4 Å². The number of halogens is 1. The Morgan fingerprint density at radius 1 is 1.54 bits per heavy atom. The Bertz CT molecular complexity index is 248. The highest BCUT2D eigenvalue weighted by Crippen LogP contribution is 2.24. The normalized spacial score (nSPS) is 32.2. The highest BCUT2D eigenvalue weighted by molar-refractivity contribution is 7.91. The first-order valence-corrected chi connectivity index (χ1v) is 5.81.